The van der Waals surface area contributed by atoms with E-state index in [-0.39, 0.29) is 18.5 Å². The van der Waals surface area contributed by atoms with Gasteiger partial charge < -0.3 is 24.8 Å². The van der Waals surface area contributed by atoms with E-state index >= 15 is 0 Å². The molecule has 0 spiro atoms. The number of carbonyl (C=O) groups excluding carboxylic acids is 2. The Kier molecular flexibility index (Phi) is 6.54. The molecule has 0 bridgehead atoms. The number of piperidine rings is 1. The van der Waals surface area contributed by atoms with E-state index in [2.05, 4.69) is 34.5 Å². The van der Waals surface area contributed by atoms with E-state index in [4.69, 9.17) is 4.74 Å². The van der Waals surface area contributed by atoms with Gasteiger partial charge in [-0.2, -0.15) is 0 Å². The van der Waals surface area contributed by atoms with Gasteiger partial charge in [-0.05, 0) is 43.4 Å². The molecular weight excluding hydrogens is 368 g/mol. The third kappa shape index (κ3) is 5.01. The van der Waals surface area contributed by atoms with Gasteiger partial charge in [-0.25, -0.2) is 4.79 Å². The van der Waals surface area contributed by atoms with Gasteiger partial charge in [0.15, 0.2) is 0 Å². The lowest BCUT2D eigenvalue weighted by Gasteiger charge is -2.42. The summed E-state index contributed by atoms with van der Waals surface area (Å²) in [7, 11) is 0. The molecule has 0 aliphatic carbocycles. The maximum absolute atomic E-state index is 12.9. The van der Waals surface area contributed by atoms with Crippen molar-refractivity contribution in [1.29, 1.82) is 0 Å². The molecule has 1 N–H and O–H groups in total. The molecular formula is C22H32N4O3. The summed E-state index contributed by atoms with van der Waals surface area (Å²) in [6.45, 7) is 6.16. The highest BCUT2D eigenvalue weighted by Gasteiger charge is 2.34. The number of nitrogens with zero attached hydrogens (tertiary/aromatic N) is 3. The average Bonchev–Trinajstić information content (AvgIpc) is 2.72. The number of carbonyl (C=O) groups is 2. The predicted molar refractivity (Wildman–Crippen MR) is 112 cm³/mol. The summed E-state index contributed by atoms with van der Waals surface area (Å²) in [6, 6.07) is 9.00. The first-order valence-electron chi connectivity index (χ1n) is 10.9. The minimum atomic E-state index is -0.115. The van der Waals surface area contributed by atoms with Crippen LogP contribution in [-0.2, 0) is 9.53 Å². The Balaban J connectivity index is 1.28. The zero-order valence-electron chi connectivity index (χ0n) is 17.1. The van der Waals surface area contributed by atoms with E-state index in [0.29, 0.717) is 32.2 Å². The van der Waals surface area contributed by atoms with E-state index in [1.165, 1.54) is 30.5 Å². The largest absolute Gasteiger partial charge is 0.372 e. The fourth-order valence-electron chi connectivity index (χ4n) is 4.36. The summed E-state index contributed by atoms with van der Waals surface area (Å²) in [5.74, 6) is 0.300. The van der Waals surface area contributed by atoms with Crippen molar-refractivity contribution in [3.05, 3.63) is 29.8 Å². The standard InChI is InChI=1S/C22H32N4O3/c27-21-17-29-14-4-12-25(13-9-23-21)22(28)26-15-19(16-26)18-5-7-20(8-6-18)24-10-2-1-3-11-24/h5-8,19H,1-4,9-17H2,(H,23,27). The minimum absolute atomic E-state index is 0.0704. The van der Waals surface area contributed by atoms with Crippen LogP contribution < -0.4 is 10.2 Å². The summed E-state index contributed by atoms with van der Waals surface area (Å²) in [6.07, 6.45) is 4.67. The molecule has 0 aromatic heterocycles. The van der Waals surface area contributed by atoms with Gasteiger partial charge in [-0.15, -0.1) is 0 Å². The predicted octanol–water partition coefficient (Wildman–Crippen LogP) is 2.03. The van der Waals surface area contributed by atoms with Crippen molar-refractivity contribution in [2.24, 2.45) is 0 Å². The van der Waals surface area contributed by atoms with Crippen LogP contribution in [0.3, 0.4) is 0 Å². The molecule has 7 heteroatoms. The second-order valence-electron chi connectivity index (χ2n) is 8.27. The molecule has 3 saturated heterocycles. The van der Waals surface area contributed by atoms with E-state index in [0.717, 1.165) is 32.6 Å². The summed E-state index contributed by atoms with van der Waals surface area (Å²) in [5, 5.41) is 2.80. The summed E-state index contributed by atoms with van der Waals surface area (Å²) in [4.78, 5) is 30.6. The number of urea groups is 1. The van der Waals surface area contributed by atoms with Crippen LogP contribution in [0, 0.1) is 0 Å². The summed E-state index contributed by atoms with van der Waals surface area (Å²) < 4.78 is 5.31. The van der Waals surface area contributed by atoms with Crippen molar-refractivity contribution in [2.45, 2.75) is 31.6 Å². The van der Waals surface area contributed by atoms with Gasteiger partial charge in [0.05, 0.1) is 0 Å². The zero-order valence-corrected chi connectivity index (χ0v) is 17.1. The minimum Gasteiger partial charge on any atom is -0.372 e. The van der Waals surface area contributed by atoms with Crippen LogP contribution in [0.1, 0.15) is 37.2 Å². The van der Waals surface area contributed by atoms with Crippen LogP contribution >= 0.6 is 0 Å². The van der Waals surface area contributed by atoms with Crippen LogP contribution in [0.5, 0.6) is 0 Å². The Hall–Kier alpha value is -2.28. The lowest BCUT2D eigenvalue weighted by atomic mass is 9.91. The Labute approximate surface area is 173 Å². The maximum Gasteiger partial charge on any atom is 0.320 e. The van der Waals surface area contributed by atoms with E-state index in [9.17, 15) is 9.59 Å². The molecule has 1 aromatic rings. The first-order chi connectivity index (χ1) is 14.2. The Morgan fingerprint density at radius 1 is 0.931 bits per heavy atom. The molecule has 3 aliphatic rings. The SMILES string of the molecule is O=C1COCCCN(C(=O)N2CC(c3ccc(N4CCCCC4)cc3)C2)CCN1. The van der Waals surface area contributed by atoms with E-state index in [1.807, 2.05) is 9.80 Å². The Morgan fingerprint density at radius 2 is 1.69 bits per heavy atom. The molecule has 158 valence electrons. The second-order valence-corrected chi connectivity index (χ2v) is 8.27. The van der Waals surface area contributed by atoms with Crippen LogP contribution in [0.2, 0.25) is 0 Å². The van der Waals surface area contributed by atoms with Crippen molar-refractivity contribution >= 4 is 17.6 Å². The number of likely N-dealkylation sites (tertiary alicyclic amines) is 1. The van der Waals surface area contributed by atoms with Gasteiger partial charge in [0.1, 0.15) is 6.61 Å². The van der Waals surface area contributed by atoms with Crippen LogP contribution in [-0.4, -0.2) is 80.8 Å². The average molecular weight is 401 g/mol. The van der Waals surface area contributed by atoms with Gasteiger partial charge in [0, 0.05) is 64.0 Å². The van der Waals surface area contributed by atoms with Crippen molar-refractivity contribution in [1.82, 2.24) is 15.1 Å². The van der Waals surface area contributed by atoms with Gasteiger partial charge in [0.2, 0.25) is 5.91 Å². The molecule has 29 heavy (non-hydrogen) atoms. The quantitative estimate of drug-likeness (QED) is 0.825. The van der Waals surface area contributed by atoms with Gasteiger partial charge in [-0.1, -0.05) is 12.1 Å². The van der Waals surface area contributed by atoms with Gasteiger partial charge in [-0.3, -0.25) is 4.79 Å². The molecule has 0 unspecified atom stereocenters. The number of ether oxygens (including phenoxy) is 1. The summed E-state index contributed by atoms with van der Waals surface area (Å²) in [5.41, 5.74) is 2.63. The number of nitrogens with one attached hydrogen (secondary N) is 1. The topological polar surface area (TPSA) is 65.1 Å². The third-order valence-electron chi connectivity index (χ3n) is 6.16. The zero-order chi connectivity index (χ0) is 20.1. The molecule has 0 saturated carbocycles. The van der Waals surface area contributed by atoms with Crippen molar-refractivity contribution in [2.75, 3.05) is 63.9 Å². The Bertz CT molecular complexity index is 697. The molecule has 7 nitrogen and oxygen atoms in total. The first kappa shape index (κ1) is 20.0. The Morgan fingerprint density at radius 3 is 2.45 bits per heavy atom. The molecule has 3 fully saturated rings. The highest BCUT2D eigenvalue weighted by atomic mass is 16.5. The van der Waals surface area contributed by atoms with Gasteiger partial charge >= 0.3 is 6.03 Å². The molecule has 0 radical (unpaired) electrons. The number of amides is 3. The lowest BCUT2D eigenvalue weighted by molar-refractivity contribution is -0.126. The molecule has 4 rings (SSSR count). The van der Waals surface area contributed by atoms with Crippen LogP contribution in [0.15, 0.2) is 24.3 Å². The van der Waals surface area contributed by atoms with Crippen molar-refractivity contribution in [3.8, 4) is 0 Å². The molecule has 3 heterocycles. The van der Waals surface area contributed by atoms with E-state index < -0.39 is 0 Å². The fraction of sp³-hybridized carbons (Fsp3) is 0.636. The van der Waals surface area contributed by atoms with Crippen molar-refractivity contribution < 1.29 is 14.3 Å². The maximum atomic E-state index is 12.9. The highest BCUT2D eigenvalue weighted by molar-refractivity contribution is 5.78. The lowest BCUT2D eigenvalue weighted by Crippen LogP contribution is -2.55. The van der Waals surface area contributed by atoms with Gasteiger partial charge in [0.25, 0.3) is 0 Å². The molecule has 0 atom stereocenters. The molecule has 3 amide bonds. The monoisotopic (exact) mass is 400 g/mol. The molecule has 1 aromatic carbocycles. The number of rotatable bonds is 2. The second kappa shape index (κ2) is 9.48. The third-order valence-corrected chi connectivity index (χ3v) is 6.16. The molecule has 3 aliphatic heterocycles. The van der Waals surface area contributed by atoms with Crippen LogP contribution in [0.25, 0.3) is 0 Å². The van der Waals surface area contributed by atoms with Crippen LogP contribution in [0.4, 0.5) is 10.5 Å². The van der Waals surface area contributed by atoms with Crippen molar-refractivity contribution in [3.63, 3.8) is 0 Å². The number of benzene rings is 1. The normalized spacial score (nSPS) is 22.1. The number of hydrogen-bond acceptors (Lipinski definition) is 4. The fourth-order valence-corrected chi connectivity index (χ4v) is 4.36. The first-order valence-corrected chi connectivity index (χ1v) is 10.9. The number of anilines is 1. The number of hydrogen-bond donors (Lipinski definition) is 1. The summed E-state index contributed by atoms with van der Waals surface area (Å²) >= 11 is 0. The van der Waals surface area contributed by atoms with E-state index in [1.54, 1.807) is 0 Å². The smallest absolute Gasteiger partial charge is 0.320 e. The highest BCUT2D eigenvalue weighted by Crippen LogP contribution is 2.30.